The Balaban J connectivity index is 1.89. The van der Waals surface area contributed by atoms with Crippen LogP contribution in [0.1, 0.15) is 5.56 Å². The maximum atomic E-state index is 8.83. The number of rotatable bonds is 5. The number of hydrogen-bond acceptors (Lipinski definition) is 3. The maximum absolute atomic E-state index is 8.83. The van der Waals surface area contributed by atoms with Crippen molar-refractivity contribution in [2.45, 2.75) is 0 Å². The summed E-state index contributed by atoms with van der Waals surface area (Å²) in [7, 11) is 0. The van der Waals surface area contributed by atoms with Crippen molar-refractivity contribution < 1.29 is 9.47 Å². The molecule has 21 heavy (non-hydrogen) atoms. The van der Waals surface area contributed by atoms with Gasteiger partial charge in [-0.2, -0.15) is 5.26 Å². The van der Waals surface area contributed by atoms with Gasteiger partial charge < -0.3 is 9.47 Å². The molecule has 6 heteroatoms. The Bertz CT molecular complexity index is 660. The predicted molar refractivity (Wildman–Crippen MR) is 107 cm³/mol. The number of nitriles is 1. The van der Waals surface area contributed by atoms with Crippen molar-refractivity contribution in [2.24, 2.45) is 0 Å². The van der Waals surface area contributed by atoms with E-state index < -0.39 is 0 Å². The molecule has 2 aromatic carbocycles. The van der Waals surface area contributed by atoms with Gasteiger partial charge in [-0.15, -0.1) is 0 Å². The third-order valence-electron chi connectivity index (χ3n) is 2.52. The van der Waals surface area contributed by atoms with Crippen molar-refractivity contribution in [3.8, 4) is 17.6 Å². The van der Waals surface area contributed by atoms with E-state index in [-0.39, 0.29) is 0 Å². The summed E-state index contributed by atoms with van der Waals surface area (Å²) < 4.78 is 14.8. The highest BCUT2D eigenvalue weighted by molar-refractivity contribution is 14.1. The van der Waals surface area contributed by atoms with Crippen molar-refractivity contribution in [1.29, 1.82) is 5.26 Å². The molecule has 0 N–H and O–H groups in total. The molecule has 0 aliphatic carbocycles. The van der Waals surface area contributed by atoms with Gasteiger partial charge >= 0.3 is 0 Å². The van der Waals surface area contributed by atoms with Crippen LogP contribution in [0, 0.1) is 22.0 Å². The molecule has 0 aliphatic rings. The van der Waals surface area contributed by atoms with Crippen molar-refractivity contribution in [1.82, 2.24) is 0 Å². The number of nitrogens with zero attached hydrogens (tertiary/aromatic N) is 1. The van der Waals surface area contributed by atoms with Crippen LogP contribution < -0.4 is 9.47 Å². The molecule has 0 saturated carbocycles. The van der Waals surface area contributed by atoms with E-state index in [1.54, 1.807) is 18.2 Å². The average Bonchev–Trinajstić information content (AvgIpc) is 2.45. The van der Waals surface area contributed by atoms with Crippen molar-refractivity contribution in [3.63, 3.8) is 0 Å². The lowest BCUT2D eigenvalue weighted by atomic mass is 10.2. The highest BCUT2D eigenvalue weighted by Crippen LogP contribution is 2.29. The zero-order valence-corrected chi connectivity index (χ0v) is 17.2. The van der Waals surface area contributed by atoms with Crippen molar-refractivity contribution in [3.05, 3.63) is 52.7 Å². The molecule has 0 heterocycles. The average molecular weight is 617 g/mol. The summed E-state index contributed by atoms with van der Waals surface area (Å²) in [6.07, 6.45) is 0. The third kappa shape index (κ3) is 5.14. The lowest BCUT2D eigenvalue weighted by Crippen LogP contribution is -2.10. The van der Waals surface area contributed by atoms with Crippen LogP contribution in [0.3, 0.4) is 0 Å². The van der Waals surface area contributed by atoms with Crippen LogP contribution in [0.5, 0.6) is 11.5 Å². The highest BCUT2D eigenvalue weighted by Gasteiger charge is 2.08. The fourth-order valence-corrected chi connectivity index (χ4v) is 5.52. The molecule has 0 saturated heterocycles. The Hall–Kier alpha value is -0.280. The summed E-state index contributed by atoms with van der Waals surface area (Å²) in [5.41, 5.74) is 0.593. The SMILES string of the molecule is N#Cc1cccc(OCCOc2c(I)cc(I)cc2I)c1. The van der Waals surface area contributed by atoms with Crippen molar-refractivity contribution in [2.75, 3.05) is 13.2 Å². The minimum Gasteiger partial charge on any atom is -0.490 e. The Labute approximate surface area is 164 Å². The largest absolute Gasteiger partial charge is 0.490 e. The van der Waals surface area contributed by atoms with E-state index in [4.69, 9.17) is 14.7 Å². The minimum absolute atomic E-state index is 0.438. The van der Waals surface area contributed by atoms with Crippen LogP contribution in [0.25, 0.3) is 0 Å². The second kappa shape index (κ2) is 8.38. The normalized spacial score (nSPS) is 10.0. The highest BCUT2D eigenvalue weighted by atomic mass is 127. The lowest BCUT2D eigenvalue weighted by Gasteiger charge is -2.12. The molecule has 0 unspecified atom stereocenters. The van der Waals surface area contributed by atoms with E-state index in [0.29, 0.717) is 24.5 Å². The predicted octanol–water partition coefficient (Wildman–Crippen LogP) is 4.83. The fraction of sp³-hybridized carbons (Fsp3) is 0.133. The molecule has 0 spiro atoms. The molecular formula is C15H10I3NO2. The summed E-state index contributed by atoms with van der Waals surface area (Å²) in [6.45, 7) is 0.899. The lowest BCUT2D eigenvalue weighted by molar-refractivity contribution is 0.215. The Morgan fingerprint density at radius 3 is 2.29 bits per heavy atom. The molecule has 0 bridgehead atoms. The van der Waals surface area contributed by atoms with Gasteiger partial charge in [-0.3, -0.25) is 0 Å². The summed E-state index contributed by atoms with van der Waals surface area (Å²) >= 11 is 6.84. The molecular weight excluding hydrogens is 607 g/mol. The van der Waals surface area contributed by atoms with Crippen LogP contribution in [0.2, 0.25) is 0 Å². The molecule has 108 valence electrons. The molecule has 0 atom stereocenters. The smallest absolute Gasteiger partial charge is 0.146 e. The van der Waals surface area contributed by atoms with E-state index >= 15 is 0 Å². The van der Waals surface area contributed by atoms with Gasteiger partial charge in [0.1, 0.15) is 24.7 Å². The first-order valence-corrected chi connectivity index (χ1v) is 9.24. The molecule has 0 fully saturated rings. The Morgan fingerprint density at radius 1 is 0.952 bits per heavy atom. The topological polar surface area (TPSA) is 42.2 Å². The van der Waals surface area contributed by atoms with Crippen LogP contribution in [0.4, 0.5) is 0 Å². The van der Waals surface area contributed by atoms with Gasteiger partial charge in [-0.1, -0.05) is 6.07 Å². The van der Waals surface area contributed by atoms with Gasteiger partial charge in [-0.05, 0) is 98.1 Å². The summed E-state index contributed by atoms with van der Waals surface area (Å²) in [5.74, 6) is 1.58. The van der Waals surface area contributed by atoms with Crippen molar-refractivity contribution >= 4 is 67.8 Å². The summed E-state index contributed by atoms with van der Waals surface area (Å²) in [4.78, 5) is 0. The third-order valence-corrected chi connectivity index (χ3v) is 4.75. The maximum Gasteiger partial charge on any atom is 0.146 e. The Morgan fingerprint density at radius 2 is 1.62 bits per heavy atom. The fourth-order valence-electron chi connectivity index (χ4n) is 1.63. The van der Waals surface area contributed by atoms with E-state index in [9.17, 15) is 0 Å². The molecule has 2 aromatic rings. The quantitative estimate of drug-likeness (QED) is 0.357. The first-order chi connectivity index (χ1) is 10.1. The second-order valence-electron chi connectivity index (χ2n) is 4.04. The van der Waals surface area contributed by atoms with Gasteiger partial charge in [0.15, 0.2) is 0 Å². The van der Waals surface area contributed by atoms with Gasteiger partial charge in [-0.25, -0.2) is 0 Å². The summed E-state index contributed by atoms with van der Waals surface area (Å²) in [5, 5.41) is 8.83. The molecule has 0 aromatic heterocycles. The van der Waals surface area contributed by atoms with Gasteiger partial charge in [0.05, 0.1) is 18.8 Å². The summed E-state index contributed by atoms with van der Waals surface area (Å²) in [6, 6.07) is 13.4. The van der Waals surface area contributed by atoms with Crippen LogP contribution in [0.15, 0.2) is 36.4 Å². The zero-order valence-electron chi connectivity index (χ0n) is 10.8. The van der Waals surface area contributed by atoms with Crippen LogP contribution in [-0.4, -0.2) is 13.2 Å². The Kier molecular flexibility index (Phi) is 6.81. The van der Waals surface area contributed by atoms with E-state index in [1.165, 1.54) is 3.57 Å². The number of benzene rings is 2. The monoisotopic (exact) mass is 617 g/mol. The van der Waals surface area contributed by atoms with Gasteiger partial charge in [0, 0.05) is 3.57 Å². The number of ether oxygens (including phenoxy) is 2. The van der Waals surface area contributed by atoms with E-state index in [2.05, 4.69) is 86.0 Å². The number of halogens is 3. The first-order valence-electron chi connectivity index (χ1n) is 6.00. The minimum atomic E-state index is 0.438. The molecule has 2 rings (SSSR count). The zero-order chi connectivity index (χ0) is 15.2. The molecule has 0 amide bonds. The van der Waals surface area contributed by atoms with Gasteiger partial charge in [0.2, 0.25) is 0 Å². The van der Waals surface area contributed by atoms with Gasteiger partial charge in [0.25, 0.3) is 0 Å². The number of hydrogen-bond donors (Lipinski definition) is 0. The van der Waals surface area contributed by atoms with E-state index in [0.717, 1.165) is 12.9 Å². The molecule has 0 radical (unpaired) electrons. The van der Waals surface area contributed by atoms with E-state index in [1.807, 2.05) is 6.07 Å². The first kappa shape index (κ1) is 17.1. The van der Waals surface area contributed by atoms with Crippen LogP contribution >= 0.6 is 67.8 Å². The molecule has 0 aliphatic heterocycles. The molecule has 3 nitrogen and oxygen atoms in total. The van der Waals surface area contributed by atoms with Crippen LogP contribution in [-0.2, 0) is 0 Å². The second-order valence-corrected chi connectivity index (χ2v) is 7.61. The standard InChI is InChI=1S/C15H10I3NO2/c16-11-7-13(17)15(14(18)8-11)21-5-4-20-12-3-1-2-10(6-12)9-19/h1-3,6-8H,4-5H2.